The Labute approximate surface area is 140 Å². The van der Waals surface area contributed by atoms with E-state index in [0.29, 0.717) is 5.02 Å². The largest absolute Gasteiger partial charge is 0.368 e. The summed E-state index contributed by atoms with van der Waals surface area (Å²) in [7, 11) is 0. The van der Waals surface area contributed by atoms with Gasteiger partial charge in [-0.25, -0.2) is 0 Å². The maximum absolute atomic E-state index is 12.7. The summed E-state index contributed by atoms with van der Waals surface area (Å²) in [5.41, 5.74) is 5.31. The summed E-state index contributed by atoms with van der Waals surface area (Å²) in [6.07, 6.45) is 4.12. The molecule has 1 aromatic carbocycles. The van der Waals surface area contributed by atoms with Crippen LogP contribution in [0, 0.1) is 0 Å². The normalized spacial score (nSPS) is 16.5. The second-order valence-electron chi connectivity index (χ2n) is 5.58. The fraction of sp³-hybridized carbons (Fsp3) is 0.500. The minimum absolute atomic E-state index is 0.00895. The molecule has 1 fully saturated rings. The molecule has 0 spiro atoms. The Balaban J connectivity index is 2.04. The first kappa shape index (κ1) is 17.2. The predicted molar refractivity (Wildman–Crippen MR) is 89.9 cm³/mol. The quantitative estimate of drug-likeness (QED) is 0.809. The molecule has 0 heterocycles. The zero-order valence-corrected chi connectivity index (χ0v) is 14.2. The molecule has 1 unspecified atom stereocenters. The van der Waals surface area contributed by atoms with Gasteiger partial charge < -0.3 is 10.6 Å². The molecule has 1 atom stereocenters. The average molecular weight is 341 g/mol. The first-order valence-corrected chi connectivity index (χ1v) is 8.74. The number of nitrogens with two attached hydrogens (primary N) is 1. The van der Waals surface area contributed by atoms with Gasteiger partial charge >= 0.3 is 0 Å². The summed E-state index contributed by atoms with van der Waals surface area (Å²) in [4.78, 5) is 26.7. The molecule has 0 radical (unpaired) electrons. The number of halogens is 1. The number of hydrogen-bond acceptors (Lipinski definition) is 3. The highest BCUT2D eigenvalue weighted by Crippen LogP contribution is 2.29. The Bertz CT molecular complexity index is 529. The lowest BCUT2D eigenvalue weighted by molar-refractivity contribution is -0.136. The first-order valence-electron chi connectivity index (χ1n) is 7.48. The van der Waals surface area contributed by atoms with Gasteiger partial charge in [0.2, 0.25) is 11.8 Å². The van der Waals surface area contributed by atoms with Crippen LogP contribution in [0.15, 0.2) is 29.2 Å². The number of hydrogen-bond donors (Lipinski definition) is 1. The van der Waals surface area contributed by atoms with Crippen molar-refractivity contribution >= 4 is 35.2 Å². The van der Waals surface area contributed by atoms with E-state index >= 15 is 0 Å². The summed E-state index contributed by atoms with van der Waals surface area (Å²) in [5, 5.41) is 0.408. The van der Waals surface area contributed by atoms with Crippen molar-refractivity contribution in [3.05, 3.63) is 29.3 Å². The number of carbonyl (C=O) groups is 2. The van der Waals surface area contributed by atoms with Gasteiger partial charge in [-0.05, 0) is 44.0 Å². The summed E-state index contributed by atoms with van der Waals surface area (Å²) in [6, 6.07) is 7.54. The van der Waals surface area contributed by atoms with Crippen molar-refractivity contribution < 1.29 is 9.59 Å². The van der Waals surface area contributed by atoms with Crippen LogP contribution in [0.1, 0.15) is 32.6 Å². The van der Waals surface area contributed by atoms with Crippen LogP contribution in [0.3, 0.4) is 0 Å². The number of nitrogens with zero attached hydrogens (tertiary/aromatic N) is 1. The smallest absolute Gasteiger partial charge is 0.237 e. The molecule has 22 heavy (non-hydrogen) atoms. The second-order valence-corrected chi connectivity index (χ2v) is 7.44. The number of carbonyl (C=O) groups excluding carboxylic acids is 2. The van der Waals surface area contributed by atoms with E-state index in [2.05, 4.69) is 0 Å². The number of rotatable bonds is 6. The topological polar surface area (TPSA) is 63.4 Å². The van der Waals surface area contributed by atoms with Gasteiger partial charge in [-0.1, -0.05) is 24.4 Å². The lowest BCUT2D eigenvalue weighted by Crippen LogP contribution is -2.47. The molecule has 1 aromatic rings. The Morgan fingerprint density at radius 2 is 1.91 bits per heavy atom. The van der Waals surface area contributed by atoms with Crippen molar-refractivity contribution in [2.75, 3.05) is 6.54 Å². The Hall–Kier alpha value is -1.20. The van der Waals surface area contributed by atoms with Crippen LogP contribution in [0.25, 0.3) is 0 Å². The van der Waals surface area contributed by atoms with Crippen molar-refractivity contribution in [1.29, 1.82) is 0 Å². The minimum Gasteiger partial charge on any atom is -0.368 e. The fourth-order valence-electron chi connectivity index (χ4n) is 2.77. The van der Waals surface area contributed by atoms with Gasteiger partial charge in [-0.3, -0.25) is 9.59 Å². The molecule has 2 amide bonds. The van der Waals surface area contributed by atoms with E-state index in [1.807, 2.05) is 19.1 Å². The highest BCUT2D eigenvalue weighted by atomic mass is 35.5. The lowest BCUT2D eigenvalue weighted by atomic mass is 10.2. The maximum atomic E-state index is 12.7. The highest BCUT2D eigenvalue weighted by Gasteiger charge is 2.30. The van der Waals surface area contributed by atoms with Crippen molar-refractivity contribution in [3.8, 4) is 0 Å². The fourth-order valence-corrected chi connectivity index (χ4v) is 3.84. The number of amides is 2. The van der Waals surface area contributed by atoms with Crippen LogP contribution in [0.2, 0.25) is 5.02 Å². The van der Waals surface area contributed by atoms with E-state index in [4.69, 9.17) is 17.3 Å². The Morgan fingerprint density at radius 3 is 2.45 bits per heavy atom. The van der Waals surface area contributed by atoms with Gasteiger partial charge in [-0.15, -0.1) is 11.8 Å². The molecule has 2 rings (SSSR count). The second kappa shape index (κ2) is 7.88. The molecule has 1 aliphatic rings. The van der Waals surface area contributed by atoms with Gasteiger partial charge in [0, 0.05) is 16.0 Å². The van der Waals surface area contributed by atoms with Crippen LogP contribution in [0.5, 0.6) is 0 Å². The molecule has 0 saturated heterocycles. The molecule has 0 aromatic heterocycles. The Morgan fingerprint density at radius 1 is 1.32 bits per heavy atom. The van der Waals surface area contributed by atoms with E-state index in [9.17, 15) is 9.59 Å². The van der Waals surface area contributed by atoms with Crippen molar-refractivity contribution in [3.63, 3.8) is 0 Å². The zero-order valence-electron chi connectivity index (χ0n) is 12.6. The lowest BCUT2D eigenvalue weighted by Gasteiger charge is -2.30. The predicted octanol–water partition coefficient (Wildman–Crippen LogP) is 3.08. The summed E-state index contributed by atoms with van der Waals surface area (Å²) >= 11 is 7.34. The monoisotopic (exact) mass is 340 g/mol. The summed E-state index contributed by atoms with van der Waals surface area (Å²) < 4.78 is 0. The van der Waals surface area contributed by atoms with Crippen LogP contribution >= 0.6 is 23.4 Å². The van der Waals surface area contributed by atoms with Gasteiger partial charge in [0.1, 0.15) is 0 Å². The molecule has 120 valence electrons. The molecule has 1 saturated carbocycles. The maximum Gasteiger partial charge on any atom is 0.237 e. The van der Waals surface area contributed by atoms with Gasteiger partial charge in [0.15, 0.2) is 0 Å². The number of benzene rings is 1. The van der Waals surface area contributed by atoms with Crippen LogP contribution in [-0.2, 0) is 9.59 Å². The summed E-state index contributed by atoms with van der Waals surface area (Å²) in [5.74, 6) is -0.477. The first-order chi connectivity index (χ1) is 10.5. The molecule has 2 N–H and O–H groups in total. The molecule has 4 nitrogen and oxygen atoms in total. The van der Waals surface area contributed by atoms with E-state index in [0.717, 1.165) is 30.6 Å². The summed E-state index contributed by atoms with van der Waals surface area (Å²) in [6.45, 7) is 1.87. The third-order valence-electron chi connectivity index (χ3n) is 3.85. The molecule has 1 aliphatic carbocycles. The van der Waals surface area contributed by atoms with Crippen LogP contribution < -0.4 is 5.73 Å². The van der Waals surface area contributed by atoms with Crippen molar-refractivity contribution in [1.82, 2.24) is 4.90 Å². The van der Waals surface area contributed by atoms with Crippen LogP contribution in [0.4, 0.5) is 0 Å². The van der Waals surface area contributed by atoms with E-state index in [-0.39, 0.29) is 23.7 Å². The number of thioether (sulfide) groups is 1. The van der Waals surface area contributed by atoms with Crippen molar-refractivity contribution in [2.45, 2.75) is 48.8 Å². The molecule has 0 aliphatic heterocycles. The average Bonchev–Trinajstić information content (AvgIpc) is 3.00. The molecule has 6 heteroatoms. The van der Waals surface area contributed by atoms with E-state index in [1.54, 1.807) is 17.0 Å². The Kier molecular flexibility index (Phi) is 6.15. The van der Waals surface area contributed by atoms with Gasteiger partial charge in [0.25, 0.3) is 0 Å². The van der Waals surface area contributed by atoms with Crippen molar-refractivity contribution in [2.24, 2.45) is 5.73 Å². The minimum atomic E-state index is -0.455. The molecular weight excluding hydrogens is 320 g/mol. The van der Waals surface area contributed by atoms with Gasteiger partial charge in [0.05, 0.1) is 11.8 Å². The van der Waals surface area contributed by atoms with E-state index < -0.39 is 5.91 Å². The zero-order chi connectivity index (χ0) is 16.1. The standard InChI is InChI=1S/C16H21ClN2O2S/c1-11(22-14-8-6-12(17)7-9-14)16(21)19(10-15(18)20)13-4-2-3-5-13/h6-9,11,13H,2-5,10H2,1H3,(H2,18,20). The molecule has 0 bridgehead atoms. The third-order valence-corrected chi connectivity index (χ3v) is 5.20. The van der Waals surface area contributed by atoms with Gasteiger partial charge in [-0.2, -0.15) is 0 Å². The third kappa shape index (κ3) is 4.65. The highest BCUT2D eigenvalue weighted by molar-refractivity contribution is 8.00. The number of primary amides is 1. The van der Waals surface area contributed by atoms with Crippen LogP contribution in [-0.4, -0.2) is 34.6 Å². The van der Waals surface area contributed by atoms with E-state index in [1.165, 1.54) is 11.8 Å². The molecular formula is C16H21ClN2O2S. The SMILES string of the molecule is CC(Sc1ccc(Cl)cc1)C(=O)N(CC(N)=O)C1CCCC1.